The Morgan fingerprint density at radius 2 is 1.84 bits per heavy atom. The quantitative estimate of drug-likeness (QED) is 0.664. The first-order chi connectivity index (χ1) is 9.01. The molecule has 0 spiro atoms. The summed E-state index contributed by atoms with van der Waals surface area (Å²) in [6.45, 7) is 1.72. The molecule has 0 bridgehead atoms. The van der Waals surface area contributed by atoms with E-state index in [0.29, 0.717) is 6.07 Å². The third kappa shape index (κ3) is 2.76. The highest BCUT2D eigenvalue weighted by atomic mass is 19.1. The maximum Gasteiger partial charge on any atom is 0.258 e. The van der Waals surface area contributed by atoms with Crippen molar-refractivity contribution in [3.05, 3.63) is 47.3 Å². The van der Waals surface area contributed by atoms with E-state index >= 15 is 0 Å². The van der Waals surface area contributed by atoms with E-state index in [4.69, 9.17) is 10.6 Å². The molecule has 2 rings (SSSR count). The highest BCUT2D eigenvalue weighted by molar-refractivity contribution is 5.40. The molecule has 1 aromatic heterocycles. The summed E-state index contributed by atoms with van der Waals surface area (Å²) < 4.78 is 45.1. The monoisotopic (exact) mass is 269 g/mol. The minimum absolute atomic E-state index is 0.207. The van der Waals surface area contributed by atoms with Gasteiger partial charge >= 0.3 is 0 Å². The Morgan fingerprint density at radius 3 is 2.53 bits per heavy atom. The van der Waals surface area contributed by atoms with Crippen LogP contribution in [0.2, 0.25) is 0 Å². The van der Waals surface area contributed by atoms with Gasteiger partial charge in [-0.25, -0.2) is 19.0 Å². The van der Waals surface area contributed by atoms with Gasteiger partial charge in [0.25, 0.3) is 5.88 Å². The van der Waals surface area contributed by atoms with Crippen LogP contribution in [0.1, 0.15) is 5.56 Å². The van der Waals surface area contributed by atoms with Crippen molar-refractivity contribution in [2.24, 2.45) is 5.84 Å². The van der Waals surface area contributed by atoms with E-state index < -0.39 is 29.1 Å². The van der Waals surface area contributed by atoms with Crippen molar-refractivity contribution in [1.82, 2.24) is 4.98 Å². The number of nitrogens with zero attached hydrogens (tertiary/aromatic N) is 1. The van der Waals surface area contributed by atoms with Crippen LogP contribution in [-0.4, -0.2) is 4.98 Å². The first-order valence-electron chi connectivity index (χ1n) is 5.28. The number of nitrogens with one attached hydrogen (secondary N) is 1. The summed E-state index contributed by atoms with van der Waals surface area (Å²) in [5.41, 5.74) is 2.67. The highest BCUT2D eigenvalue weighted by Crippen LogP contribution is 2.28. The zero-order chi connectivity index (χ0) is 14.0. The number of pyridine rings is 1. The van der Waals surface area contributed by atoms with Crippen LogP contribution in [0, 0.1) is 24.4 Å². The Kier molecular flexibility index (Phi) is 3.57. The number of nitrogen functional groups attached to an aromatic ring is 1. The number of hydrogen-bond donors (Lipinski definition) is 2. The molecule has 0 aliphatic heterocycles. The Bertz CT molecular complexity index is 619. The number of hydrogen-bond acceptors (Lipinski definition) is 4. The Hall–Kier alpha value is -2.28. The standard InChI is InChI=1S/C12H10F3N3O/c1-6-2-3-7(13)10(4-6)19-12-9(15)5-8(14)11(17-12)18-16/h2-5H,16H2,1H3,(H,17,18). The molecule has 0 atom stereocenters. The lowest BCUT2D eigenvalue weighted by molar-refractivity contribution is 0.395. The SMILES string of the molecule is Cc1ccc(F)c(Oc2nc(NN)c(F)cc2F)c1. The summed E-state index contributed by atoms with van der Waals surface area (Å²) in [6.07, 6.45) is 0. The van der Waals surface area contributed by atoms with Gasteiger partial charge in [-0.1, -0.05) is 6.07 Å². The second kappa shape index (κ2) is 5.15. The van der Waals surface area contributed by atoms with E-state index in [1.165, 1.54) is 18.2 Å². The summed E-state index contributed by atoms with van der Waals surface area (Å²) in [5, 5.41) is 0. The molecular weight excluding hydrogens is 259 g/mol. The molecule has 0 radical (unpaired) electrons. The van der Waals surface area contributed by atoms with Gasteiger partial charge in [0.1, 0.15) is 0 Å². The second-order valence-corrected chi connectivity index (χ2v) is 3.79. The predicted octanol–water partition coefficient (Wildman–Crippen LogP) is 2.89. The average Bonchev–Trinajstić information content (AvgIpc) is 2.37. The second-order valence-electron chi connectivity index (χ2n) is 3.79. The van der Waals surface area contributed by atoms with Gasteiger partial charge in [-0.05, 0) is 24.6 Å². The topological polar surface area (TPSA) is 60.2 Å². The number of benzene rings is 1. The normalized spacial score (nSPS) is 10.4. The largest absolute Gasteiger partial charge is 0.433 e. The fourth-order valence-electron chi connectivity index (χ4n) is 1.42. The molecule has 1 heterocycles. The van der Waals surface area contributed by atoms with Gasteiger partial charge in [-0.3, -0.25) is 0 Å². The molecule has 0 amide bonds. The Morgan fingerprint density at radius 1 is 1.11 bits per heavy atom. The van der Waals surface area contributed by atoms with E-state index in [2.05, 4.69) is 4.98 Å². The summed E-state index contributed by atoms with van der Waals surface area (Å²) in [6, 6.07) is 4.62. The van der Waals surface area contributed by atoms with Crippen LogP contribution < -0.4 is 16.0 Å². The molecule has 100 valence electrons. The van der Waals surface area contributed by atoms with Crippen molar-refractivity contribution >= 4 is 5.82 Å². The number of anilines is 1. The van der Waals surface area contributed by atoms with Gasteiger partial charge < -0.3 is 10.2 Å². The Balaban J connectivity index is 2.40. The average molecular weight is 269 g/mol. The van der Waals surface area contributed by atoms with Crippen molar-refractivity contribution in [2.75, 3.05) is 5.43 Å². The predicted molar refractivity (Wildman–Crippen MR) is 63.2 cm³/mol. The van der Waals surface area contributed by atoms with Crippen LogP contribution in [0.25, 0.3) is 0 Å². The van der Waals surface area contributed by atoms with Crippen LogP contribution >= 0.6 is 0 Å². The molecule has 0 unspecified atom stereocenters. The maximum atomic E-state index is 13.5. The summed E-state index contributed by atoms with van der Waals surface area (Å²) >= 11 is 0. The fourth-order valence-corrected chi connectivity index (χ4v) is 1.42. The fraction of sp³-hybridized carbons (Fsp3) is 0.0833. The molecule has 1 aromatic carbocycles. The molecule has 0 saturated heterocycles. The Labute approximate surface area is 107 Å². The van der Waals surface area contributed by atoms with Gasteiger partial charge in [0.15, 0.2) is 29.0 Å². The smallest absolute Gasteiger partial charge is 0.258 e. The van der Waals surface area contributed by atoms with Crippen molar-refractivity contribution in [3.8, 4) is 11.6 Å². The van der Waals surface area contributed by atoms with Gasteiger partial charge in [0.2, 0.25) is 0 Å². The van der Waals surface area contributed by atoms with Crippen LogP contribution in [-0.2, 0) is 0 Å². The van der Waals surface area contributed by atoms with Gasteiger partial charge in [0, 0.05) is 6.07 Å². The van der Waals surface area contributed by atoms with Crippen molar-refractivity contribution in [1.29, 1.82) is 0 Å². The van der Waals surface area contributed by atoms with Gasteiger partial charge in [-0.2, -0.15) is 4.98 Å². The third-order valence-corrected chi connectivity index (χ3v) is 2.33. The number of hydrazine groups is 1. The molecule has 2 aromatic rings. The van der Waals surface area contributed by atoms with E-state index in [-0.39, 0.29) is 5.75 Å². The molecule has 7 heteroatoms. The molecule has 0 saturated carbocycles. The maximum absolute atomic E-state index is 13.5. The summed E-state index contributed by atoms with van der Waals surface area (Å²) in [4.78, 5) is 3.48. The van der Waals surface area contributed by atoms with Crippen molar-refractivity contribution < 1.29 is 17.9 Å². The van der Waals surface area contributed by atoms with E-state index in [9.17, 15) is 13.2 Å². The molecule has 0 aliphatic carbocycles. The summed E-state index contributed by atoms with van der Waals surface area (Å²) in [5.74, 6) is 1.12. The van der Waals surface area contributed by atoms with E-state index in [1.807, 2.05) is 5.43 Å². The molecule has 3 N–H and O–H groups in total. The zero-order valence-electron chi connectivity index (χ0n) is 9.88. The minimum Gasteiger partial charge on any atom is -0.433 e. The van der Waals surface area contributed by atoms with Crippen LogP contribution in [0.3, 0.4) is 0 Å². The van der Waals surface area contributed by atoms with Crippen LogP contribution in [0.15, 0.2) is 24.3 Å². The lowest BCUT2D eigenvalue weighted by Gasteiger charge is -2.09. The molecule has 4 nitrogen and oxygen atoms in total. The number of aromatic nitrogens is 1. The van der Waals surface area contributed by atoms with Gasteiger partial charge in [-0.15, -0.1) is 0 Å². The molecule has 0 fully saturated rings. The van der Waals surface area contributed by atoms with E-state index in [1.54, 1.807) is 6.92 Å². The summed E-state index contributed by atoms with van der Waals surface area (Å²) in [7, 11) is 0. The third-order valence-electron chi connectivity index (χ3n) is 2.33. The van der Waals surface area contributed by atoms with Crippen molar-refractivity contribution in [2.45, 2.75) is 6.92 Å². The zero-order valence-corrected chi connectivity index (χ0v) is 9.88. The van der Waals surface area contributed by atoms with E-state index in [0.717, 1.165) is 5.56 Å². The molecular formula is C12H10F3N3O. The number of aryl methyl sites for hydroxylation is 1. The number of rotatable bonds is 3. The van der Waals surface area contributed by atoms with Crippen LogP contribution in [0.5, 0.6) is 11.6 Å². The lowest BCUT2D eigenvalue weighted by Crippen LogP contribution is -2.11. The lowest BCUT2D eigenvalue weighted by atomic mass is 10.2. The highest BCUT2D eigenvalue weighted by Gasteiger charge is 2.15. The van der Waals surface area contributed by atoms with Crippen LogP contribution in [0.4, 0.5) is 19.0 Å². The molecule has 0 aliphatic rings. The first kappa shape index (κ1) is 13.2. The number of ether oxygens (including phenoxy) is 1. The van der Waals surface area contributed by atoms with Gasteiger partial charge in [0.05, 0.1) is 0 Å². The first-order valence-corrected chi connectivity index (χ1v) is 5.28. The van der Waals surface area contributed by atoms with Crippen molar-refractivity contribution in [3.63, 3.8) is 0 Å². The molecule has 19 heavy (non-hydrogen) atoms. The number of nitrogens with two attached hydrogens (primary N) is 1. The number of halogens is 3. The minimum atomic E-state index is -1.06.